The number of carboxylic acid groups (broad SMARTS) is 1. The van der Waals surface area contributed by atoms with Crippen LogP contribution in [0.5, 0.6) is 0 Å². The molecule has 2 N–H and O–H groups in total. The maximum Gasteiger partial charge on any atom is 0.313 e. The van der Waals surface area contributed by atoms with Gasteiger partial charge in [0.15, 0.2) is 5.78 Å². The highest BCUT2D eigenvalue weighted by Gasteiger charge is 2.47. The molecule has 1 aromatic rings. The van der Waals surface area contributed by atoms with E-state index in [2.05, 4.69) is 4.98 Å². The number of carbonyl (C=O) groups excluding carboxylic acids is 2. The monoisotopic (exact) mass is 350 g/mol. The molecule has 0 saturated carbocycles. The Balaban J connectivity index is 2.34. The summed E-state index contributed by atoms with van der Waals surface area (Å²) >= 11 is 0. The van der Waals surface area contributed by atoms with Crippen LogP contribution in [0.25, 0.3) is 0 Å². The number of rotatable bonds is 7. The summed E-state index contributed by atoms with van der Waals surface area (Å²) in [6, 6.07) is 0. The van der Waals surface area contributed by atoms with Crippen LogP contribution in [-0.4, -0.2) is 59.5 Å². The van der Waals surface area contributed by atoms with Gasteiger partial charge < -0.3 is 19.7 Å². The van der Waals surface area contributed by atoms with E-state index < -0.39 is 11.4 Å². The lowest BCUT2D eigenvalue weighted by Gasteiger charge is -2.23. The molecule has 1 unspecified atom stereocenters. The van der Waals surface area contributed by atoms with Crippen molar-refractivity contribution < 1.29 is 24.2 Å². The summed E-state index contributed by atoms with van der Waals surface area (Å²) in [6.45, 7) is 5.79. The summed E-state index contributed by atoms with van der Waals surface area (Å²) in [4.78, 5) is 41.2. The van der Waals surface area contributed by atoms with Crippen molar-refractivity contribution in [2.45, 2.75) is 40.0 Å². The van der Waals surface area contributed by atoms with Gasteiger partial charge >= 0.3 is 5.97 Å². The van der Waals surface area contributed by atoms with Gasteiger partial charge in [-0.3, -0.25) is 14.4 Å². The quantitative estimate of drug-likeness (QED) is 0.733. The molecule has 1 amide bonds. The minimum absolute atomic E-state index is 0.0659. The van der Waals surface area contributed by atoms with Crippen molar-refractivity contribution in [3.05, 3.63) is 22.5 Å². The lowest BCUT2D eigenvalue weighted by molar-refractivity contribution is -0.151. The zero-order valence-corrected chi connectivity index (χ0v) is 15.3. The molecule has 7 heteroatoms. The summed E-state index contributed by atoms with van der Waals surface area (Å²) in [5.41, 5.74) is 1.33. The molecule has 0 aliphatic carbocycles. The third kappa shape index (κ3) is 3.46. The Hall–Kier alpha value is -2.15. The molecular formula is C18H26N2O5. The Morgan fingerprint density at radius 2 is 2.04 bits per heavy atom. The first-order chi connectivity index (χ1) is 11.8. The van der Waals surface area contributed by atoms with E-state index in [0.717, 1.165) is 12.0 Å². The van der Waals surface area contributed by atoms with E-state index >= 15 is 0 Å². The number of nitrogens with zero attached hydrogens (tertiary/aromatic N) is 1. The van der Waals surface area contributed by atoms with Crippen molar-refractivity contribution in [3.8, 4) is 0 Å². The van der Waals surface area contributed by atoms with Gasteiger partial charge in [-0.2, -0.15) is 0 Å². The first kappa shape index (κ1) is 19.2. The van der Waals surface area contributed by atoms with Crippen LogP contribution in [0.1, 0.15) is 58.8 Å². The van der Waals surface area contributed by atoms with Crippen molar-refractivity contribution in [1.82, 2.24) is 9.88 Å². The summed E-state index contributed by atoms with van der Waals surface area (Å²) < 4.78 is 5.07. The number of methoxy groups -OCH3 is 1. The number of carbonyl (C=O) groups is 3. The number of aromatic amines is 1. The molecule has 1 aliphatic rings. The van der Waals surface area contributed by atoms with E-state index in [1.54, 1.807) is 11.8 Å². The highest BCUT2D eigenvalue weighted by molar-refractivity contribution is 6.03. The molecule has 1 saturated heterocycles. The Bertz CT molecular complexity index is 694. The van der Waals surface area contributed by atoms with Gasteiger partial charge in [-0.05, 0) is 32.3 Å². The maximum atomic E-state index is 13.0. The average molecular weight is 350 g/mol. The van der Waals surface area contributed by atoms with E-state index in [1.807, 2.05) is 6.92 Å². The molecule has 1 atom stereocenters. The summed E-state index contributed by atoms with van der Waals surface area (Å²) in [5, 5.41) is 9.55. The Labute approximate surface area is 147 Å². The molecule has 2 rings (SSSR count). The second kappa shape index (κ2) is 7.39. The van der Waals surface area contributed by atoms with Gasteiger partial charge in [-0.15, -0.1) is 0 Å². The van der Waals surface area contributed by atoms with Crippen LogP contribution < -0.4 is 0 Å². The number of hydrogen-bond donors (Lipinski definition) is 2. The van der Waals surface area contributed by atoms with Gasteiger partial charge in [0, 0.05) is 31.5 Å². The van der Waals surface area contributed by atoms with Gasteiger partial charge in [-0.1, -0.05) is 13.3 Å². The maximum absolute atomic E-state index is 13.0. The molecule has 7 nitrogen and oxygen atoms in total. The van der Waals surface area contributed by atoms with Crippen molar-refractivity contribution in [2.24, 2.45) is 5.41 Å². The molecule has 0 bridgehead atoms. The third-order valence-corrected chi connectivity index (χ3v) is 4.87. The largest absolute Gasteiger partial charge is 0.481 e. The number of ketones is 1. The van der Waals surface area contributed by atoms with Gasteiger partial charge in [0.05, 0.1) is 6.61 Å². The summed E-state index contributed by atoms with van der Waals surface area (Å²) in [7, 11) is 1.46. The van der Waals surface area contributed by atoms with Crippen molar-refractivity contribution in [2.75, 3.05) is 26.8 Å². The number of Topliss-reactive ketones (excluding diaryl/α,β-unsaturated/α-hetero) is 1. The number of likely N-dealkylation sites (tertiary alicyclic amines) is 1. The number of nitrogens with one attached hydrogen (secondary N) is 1. The zero-order valence-electron chi connectivity index (χ0n) is 15.3. The molecule has 0 spiro atoms. The van der Waals surface area contributed by atoms with E-state index in [1.165, 1.54) is 14.0 Å². The normalized spacial score (nSPS) is 20.1. The molecule has 0 radical (unpaired) electrons. The first-order valence-electron chi connectivity index (χ1n) is 8.51. The number of aliphatic carboxylic acids is 1. The van der Waals surface area contributed by atoms with Crippen molar-refractivity contribution in [3.63, 3.8) is 0 Å². The highest BCUT2D eigenvalue weighted by Crippen LogP contribution is 2.33. The number of aromatic nitrogens is 1. The predicted molar refractivity (Wildman–Crippen MR) is 92.0 cm³/mol. The van der Waals surface area contributed by atoms with Crippen LogP contribution in [0.4, 0.5) is 0 Å². The van der Waals surface area contributed by atoms with Crippen LogP contribution in [0.15, 0.2) is 0 Å². The van der Waals surface area contributed by atoms with E-state index in [9.17, 15) is 19.5 Å². The van der Waals surface area contributed by atoms with Crippen LogP contribution in [-0.2, 0) is 16.0 Å². The molecule has 0 aromatic carbocycles. The lowest BCUT2D eigenvalue weighted by atomic mass is 9.88. The van der Waals surface area contributed by atoms with Gasteiger partial charge in [0.2, 0.25) is 0 Å². The second-order valence-corrected chi connectivity index (χ2v) is 6.78. The summed E-state index contributed by atoms with van der Waals surface area (Å²) in [5.74, 6) is -1.28. The third-order valence-electron chi connectivity index (χ3n) is 4.87. The SMILES string of the molecule is CCCc1c(C(=O)N2CCC(COC)(C(=O)O)C2)[nH]c(C)c1C(C)=O. The van der Waals surface area contributed by atoms with Crippen molar-refractivity contribution >= 4 is 17.7 Å². The molecule has 1 fully saturated rings. The highest BCUT2D eigenvalue weighted by atomic mass is 16.5. The zero-order chi connectivity index (χ0) is 18.8. The minimum Gasteiger partial charge on any atom is -0.481 e. The summed E-state index contributed by atoms with van der Waals surface area (Å²) in [6.07, 6.45) is 1.78. The Kier molecular flexibility index (Phi) is 5.67. The molecule has 25 heavy (non-hydrogen) atoms. The lowest BCUT2D eigenvalue weighted by Crippen LogP contribution is -2.40. The van der Waals surface area contributed by atoms with Crippen LogP contribution in [0.2, 0.25) is 0 Å². The minimum atomic E-state index is -1.07. The average Bonchev–Trinajstić information content (AvgIpc) is 3.10. The first-order valence-corrected chi connectivity index (χ1v) is 8.51. The smallest absolute Gasteiger partial charge is 0.313 e. The fourth-order valence-corrected chi connectivity index (χ4v) is 3.67. The van der Waals surface area contributed by atoms with Crippen LogP contribution >= 0.6 is 0 Å². The van der Waals surface area contributed by atoms with Gasteiger partial charge in [-0.25, -0.2) is 0 Å². The standard InChI is InChI=1S/C18H26N2O5/c1-5-6-13-14(12(3)21)11(2)19-15(13)16(22)20-8-7-18(9-20,10-25-4)17(23)24/h19H,5-10H2,1-4H3,(H,23,24). The fourth-order valence-electron chi connectivity index (χ4n) is 3.67. The second-order valence-electron chi connectivity index (χ2n) is 6.78. The number of amides is 1. The molecule has 1 aromatic heterocycles. The topological polar surface area (TPSA) is 99.7 Å². The molecule has 138 valence electrons. The van der Waals surface area contributed by atoms with Crippen LogP contribution in [0, 0.1) is 12.3 Å². The Morgan fingerprint density at radius 3 is 2.56 bits per heavy atom. The fraction of sp³-hybridized carbons (Fsp3) is 0.611. The molecule has 1 aliphatic heterocycles. The number of hydrogen-bond acceptors (Lipinski definition) is 4. The molecule has 2 heterocycles. The Morgan fingerprint density at radius 1 is 1.36 bits per heavy atom. The number of H-pyrrole nitrogens is 1. The van der Waals surface area contributed by atoms with Crippen molar-refractivity contribution in [1.29, 1.82) is 0 Å². The van der Waals surface area contributed by atoms with E-state index in [0.29, 0.717) is 36.3 Å². The van der Waals surface area contributed by atoms with Gasteiger partial charge in [0.25, 0.3) is 5.91 Å². The molecular weight excluding hydrogens is 324 g/mol. The van der Waals surface area contributed by atoms with E-state index in [4.69, 9.17) is 4.74 Å². The number of ether oxygens (including phenoxy) is 1. The van der Waals surface area contributed by atoms with Gasteiger partial charge in [0.1, 0.15) is 11.1 Å². The number of carboxylic acids is 1. The van der Waals surface area contributed by atoms with Crippen LogP contribution in [0.3, 0.4) is 0 Å². The van der Waals surface area contributed by atoms with E-state index in [-0.39, 0.29) is 24.8 Å². The number of aryl methyl sites for hydroxylation is 1. The predicted octanol–water partition coefficient (Wildman–Crippen LogP) is 2.04.